The first kappa shape index (κ1) is 13.2. The summed E-state index contributed by atoms with van der Waals surface area (Å²) in [6.45, 7) is 4.54. The first-order chi connectivity index (χ1) is 10.1. The highest BCUT2D eigenvalue weighted by atomic mass is 15.1. The van der Waals surface area contributed by atoms with Gasteiger partial charge in [-0.3, -0.25) is 4.98 Å². The van der Waals surface area contributed by atoms with Gasteiger partial charge in [-0.05, 0) is 31.0 Å². The van der Waals surface area contributed by atoms with Gasteiger partial charge in [0.05, 0.1) is 17.6 Å². The van der Waals surface area contributed by atoms with Crippen molar-refractivity contribution in [2.24, 2.45) is 0 Å². The van der Waals surface area contributed by atoms with E-state index in [2.05, 4.69) is 17.1 Å². The topological polar surface area (TPSA) is 67.6 Å². The number of rotatable bonds is 2. The van der Waals surface area contributed by atoms with Crippen LogP contribution in [0.5, 0.6) is 0 Å². The molecule has 0 saturated heterocycles. The molecule has 0 spiro atoms. The number of nitriles is 1. The Labute approximate surface area is 123 Å². The van der Waals surface area contributed by atoms with Gasteiger partial charge < -0.3 is 10.3 Å². The van der Waals surface area contributed by atoms with Gasteiger partial charge in [-0.1, -0.05) is 24.3 Å². The van der Waals surface area contributed by atoms with Gasteiger partial charge in [0.25, 0.3) is 0 Å². The second-order valence-electron chi connectivity index (χ2n) is 5.16. The van der Waals surface area contributed by atoms with Crippen LogP contribution in [0, 0.1) is 25.2 Å². The molecule has 0 amide bonds. The van der Waals surface area contributed by atoms with E-state index in [0.29, 0.717) is 17.9 Å². The summed E-state index contributed by atoms with van der Waals surface area (Å²) >= 11 is 0. The quantitative estimate of drug-likeness (QED) is 0.781. The molecule has 4 heteroatoms. The van der Waals surface area contributed by atoms with Gasteiger partial charge in [0.1, 0.15) is 11.9 Å². The van der Waals surface area contributed by atoms with Crippen molar-refractivity contribution in [3.8, 4) is 6.07 Å². The lowest BCUT2D eigenvalue weighted by molar-refractivity contribution is 0.787. The van der Waals surface area contributed by atoms with Crippen LogP contribution in [0.4, 0.5) is 5.82 Å². The number of para-hydroxylation sites is 1. The number of fused-ring (bicyclic) bond motifs is 1. The van der Waals surface area contributed by atoms with Crippen molar-refractivity contribution in [3.05, 3.63) is 58.9 Å². The molecule has 0 atom stereocenters. The largest absolute Gasteiger partial charge is 0.384 e. The molecule has 0 aliphatic rings. The zero-order chi connectivity index (χ0) is 15.0. The summed E-state index contributed by atoms with van der Waals surface area (Å²) < 4.78 is 1.98. The molecular formula is C17H16N4. The Morgan fingerprint density at radius 1 is 1.24 bits per heavy atom. The lowest BCUT2D eigenvalue weighted by Crippen LogP contribution is -2.07. The van der Waals surface area contributed by atoms with Gasteiger partial charge in [-0.2, -0.15) is 5.26 Å². The van der Waals surface area contributed by atoms with Crippen molar-refractivity contribution in [3.63, 3.8) is 0 Å². The molecule has 0 aliphatic carbocycles. The highest BCUT2D eigenvalue weighted by molar-refractivity contribution is 5.81. The van der Waals surface area contributed by atoms with E-state index in [4.69, 9.17) is 5.73 Å². The summed E-state index contributed by atoms with van der Waals surface area (Å²) in [5, 5.41) is 10.3. The van der Waals surface area contributed by atoms with Crippen LogP contribution in [0.2, 0.25) is 0 Å². The Morgan fingerprint density at radius 2 is 2.00 bits per heavy atom. The van der Waals surface area contributed by atoms with Crippen LogP contribution in [0.25, 0.3) is 10.9 Å². The van der Waals surface area contributed by atoms with Crippen LogP contribution in [0.1, 0.15) is 22.4 Å². The van der Waals surface area contributed by atoms with Crippen LogP contribution >= 0.6 is 0 Å². The second kappa shape index (κ2) is 4.95. The smallest absolute Gasteiger partial charge is 0.122 e. The van der Waals surface area contributed by atoms with E-state index in [1.807, 2.05) is 42.7 Å². The average molecular weight is 276 g/mol. The van der Waals surface area contributed by atoms with Crippen molar-refractivity contribution in [2.75, 3.05) is 5.73 Å². The first-order valence-electron chi connectivity index (χ1n) is 6.81. The van der Waals surface area contributed by atoms with E-state index < -0.39 is 0 Å². The number of aromatic nitrogens is 2. The summed E-state index contributed by atoms with van der Waals surface area (Å²) in [6.07, 6.45) is 1.80. The molecule has 21 heavy (non-hydrogen) atoms. The van der Waals surface area contributed by atoms with Crippen molar-refractivity contribution in [1.29, 1.82) is 5.26 Å². The average Bonchev–Trinajstić information content (AvgIpc) is 2.71. The summed E-state index contributed by atoms with van der Waals surface area (Å²) in [6, 6.07) is 12.3. The normalized spacial score (nSPS) is 10.7. The minimum absolute atomic E-state index is 0.528. The Morgan fingerprint density at radius 3 is 2.71 bits per heavy atom. The third-order valence-electron chi connectivity index (χ3n) is 4.03. The molecule has 3 aromatic rings. The van der Waals surface area contributed by atoms with Crippen molar-refractivity contribution in [1.82, 2.24) is 9.55 Å². The number of benzene rings is 1. The Balaban J connectivity index is 2.14. The second-order valence-corrected chi connectivity index (χ2v) is 5.16. The van der Waals surface area contributed by atoms with E-state index in [1.54, 1.807) is 6.20 Å². The zero-order valence-corrected chi connectivity index (χ0v) is 12.1. The first-order valence-corrected chi connectivity index (χ1v) is 6.81. The van der Waals surface area contributed by atoms with Gasteiger partial charge in [-0.15, -0.1) is 0 Å². The molecular weight excluding hydrogens is 260 g/mol. The fraction of sp³-hybridized carbons (Fsp3) is 0.176. The third-order valence-corrected chi connectivity index (χ3v) is 4.03. The molecule has 2 N–H and O–H groups in total. The van der Waals surface area contributed by atoms with E-state index in [-0.39, 0.29) is 0 Å². The van der Waals surface area contributed by atoms with Gasteiger partial charge in [0.15, 0.2) is 0 Å². The lowest BCUT2D eigenvalue weighted by atomic mass is 10.1. The summed E-state index contributed by atoms with van der Waals surface area (Å²) in [5.74, 6) is 0.528. The molecule has 0 fully saturated rings. The molecule has 3 rings (SSSR count). The minimum atomic E-state index is 0.528. The fourth-order valence-corrected chi connectivity index (χ4v) is 2.70. The molecule has 2 aromatic heterocycles. The van der Waals surface area contributed by atoms with Crippen LogP contribution in [-0.2, 0) is 6.54 Å². The molecule has 0 aliphatic heterocycles. The molecule has 0 radical (unpaired) electrons. The van der Waals surface area contributed by atoms with E-state index in [1.165, 1.54) is 0 Å². The maximum Gasteiger partial charge on any atom is 0.122 e. The summed E-state index contributed by atoms with van der Waals surface area (Å²) in [5.41, 5.74) is 10.7. The Bertz CT molecular complexity index is 863. The van der Waals surface area contributed by atoms with Gasteiger partial charge in [-0.25, -0.2) is 0 Å². The van der Waals surface area contributed by atoms with E-state index in [9.17, 15) is 5.26 Å². The van der Waals surface area contributed by atoms with Gasteiger partial charge in [0.2, 0.25) is 0 Å². The highest BCUT2D eigenvalue weighted by Crippen LogP contribution is 2.26. The lowest BCUT2D eigenvalue weighted by Gasteiger charge is -2.11. The van der Waals surface area contributed by atoms with Crippen molar-refractivity contribution >= 4 is 16.7 Å². The van der Waals surface area contributed by atoms with Crippen LogP contribution in [0.3, 0.4) is 0 Å². The maximum atomic E-state index is 9.22. The molecule has 0 saturated carbocycles. The van der Waals surface area contributed by atoms with Crippen LogP contribution in [-0.4, -0.2) is 9.55 Å². The predicted octanol–water partition coefficient (Wildman–Crippen LogP) is 3.16. The fourth-order valence-electron chi connectivity index (χ4n) is 2.70. The molecule has 1 aromatic carbocycles. The van der Waals surface area contributed by atoms with E-state index in [0.717, 1.165) is 27.7 Å². The van der Waals surface area contributed by atoms with E-state index >= 15 is 0 Å². The molecule has 4 nitrogen and oxygen atoms in total. The summed E-state index contributed by atoms with van der Waals surface area (Å²) in [7, 11) is 0. The number of nitrogens with two attached hydrogens (primary N) is 1. The predicted molar refractivity (Wildman–Crippen MR) is 83.9 cm³/mol. The number of nitrogens with zero attached hydrogens (tertiary/aromatic N) is 3. The SMILES string of the molecule is Cc1c(C#N)c(N)n(Cc2cccc3cccnc23)c1C. The minimum Gasteiger partial charge on any atom is -0.384 e. The Kier molecular flexibility index (Phi) is 3.11. The molecule has 2 heterocycles. The number of anilines is 1. The standard InChI is InChI=1S/C17H16N4/c1-11-12(2)21(17(19)15(11)9-18)10-14-6-3-5-13-7-4-8-20-16(13)14/h3-8H,10,19H2,1-2H3. The molecule has 0 bridgehead atoms. The number of hydrogen-bond donors (Lipinski definition) is 1. The van der Waals surface area contributed by atoms with Crippen LogP contribution in [0.15, 0.2) is 36.5 Å². The van der Waals surface area contributed by atoms with Gasteiger partial charge >= 0.3 is 0 Å². The highest BCUT2D eigenvalue weighted by Gasteiger charge is 2.15. The monoisotopic (exact) mass is 276 g/mol. The zero-order valence-electron chi connectivity index (χ0n) is 12.1. The van der Waals surface area contributed by atoms with Crippen LogP contribution < -0.4 is 5.73 Å². The Hall–Kier alpha value is -2.80. The summed E-state index contributed by atoms with van der Waals surface area (Å²) in [4.78, 5) is 4.47. The number of pyridine rings is 1. The molecule has 0 unspecified atom stereocenters. The molecule has 104 valence electrons. The third kappa shape index (κ3) is 2.03. The number of nitrogen functional groups attached to an aromatic ring is 1. The van der Waals surface area contributed by atoms with Crippen molar-refractivity contribution < 1.29 is 0 Å². The number of hydrogen-bond acceptors (Lipinski definition) is 3. The maximum absolute atomic E-state index is 9.22. The van der Waals surface area contributed by atoms with Gasteiger partial charge in [0, 0.05) is 17.3 Å². The van der Waals surface area contributed by atoms with Crippen molar-refractivity contribution in [2.45, 2.75) is 20.4 Å².